The molecule has 0 aliphatic rings. The lowest BCUT2D eigenvalue weighted by atomic mass is 9.79. The number of aryl methyl sites for hydroxylation is 1. The van der Waals surface area contributed by atoms with Crippen molar-refractivity contribution < 1.29 is 13.5 Å². The summed E-state index contributed by atoms with van der Waals surface area (Å²) in [6, 6.07) is 4.87. The lowest BCUT2D eigenvalue weighted by Crippen LogP contribution is -2.16. The molecule has 4 heteroatoms. The average molecular weight is 347 g/mol. The number of halogens is 2. The summed E-state index contributed by atoms with van der Waals surface area (Å²) in [6.45, 7) is 8.46. The van der Waals surface area contributed by atoms with Gasteiger partial charge in [-0.2, -0.15) is 0 Å². The molecule has 1 aromatic heterocycles. The monoisotopic (exact) mass is 347 g/mol. The van der Waals surface area contributed by atoms with E-state index >= 15 is 0 Å². The van der Waals surface area contributed by atoms with Crippen LogP contribution in [0.25, 0.3) is 11.1 Å². The average Bonchev–Trinajstić information content (AvgIpc) is 2.56. The Balaban J connectivity index is 2.62. The van der Waals surface area contributed by atoms with E-state index in [0.29, 0.717) is 29.0 Å². The summed E-state index contributed by atoms with van der Waals surface area (Å²) in [7, 11) is 1.48. The van der Waals surface area contributed by atoms with Crippen molar-refractivity contribution in [2.45, 2.75) is 53.4 Å². The minimum absolute atomic E-state index is 0.0555. The van der Waals surface area contributed by atoms with Crippen LogP contribution < -0.4 is 4.74 Å². The zero-order chi connectivity index (χ0) is 18.6. The second-order valence-electron chi connectivity index (χ2n) is 7.25. The van der Waals surface area contributed by atoms with Gasteiger partial charge >= 0.3 is 0 Å². The maximum absolute atomic E-state index is 14.4. The summed E-state index contributed by atoms with van der Waals surface area (Å²) < 4.78 is 34.0. The van der Waals surface area contributed by atoms with Crippen LogP contribution in [0.3, 0.4) is 0 Å². The van der Waals surface area contributed by atoms with Crippen molar-refractivity contribution in [3.05, 3.63) is 47.2 Å². The van der Waals surface area contributed by atoms with E-state index in [1.165, 1.54) is 19.2 Å². The van der Waals surface area contributed by atoms with E-state index in [4.69, 9.17) is 4.74 Å². The molecule has 0 N–H and O–H groups in total. The first-order chi connectivity index (χ1) is 11.8. The van der Waals surface area contributed by atoms with Gasteiger partial charge in [-0.15, -0.1) is 0 Å². The molecule has 0 fully saturated rings. The molecule has 2 aromatic rings. The van der Waals surface area contributed by atoms with Gasteiger partial charge in [0.05, 0.1) is 13.3 Å². The highest BCUT2D eigenvalue weighted by Gasteiger charge is 2.22. The smallest absolute Gasteiger partial charge is 0.213 e. The molecule has 25 heavy (non-hydrogen) atoms. The fourth-order valence-corrected chi connectivity index (χ4v) is 3.36. The fraction of sp³-hybridized carbons (Fsp3) is 0.476. The van der Waals surface area contributed by atoms with Crippen LogP contribution >= 0.6 is 0 Å². The number of rotatable bonds is 7. The number of ether oxygens (including phenoxy) is 1. The van der Waals surface area contributed by atoms with Crippen molar-refractivity contribution in [3.8, 4) is 17.0 Å². The number of aromatic nitrogens is 1. The highest BCUT2D eigenvalue weighted by atomic mass is 19.1. The molecular formula is C21H27F2NO. The Morgan fingerprint density at radius 2 is 1.72 bits per heavy atom. The Morgan fingerprint density at radius 1 is 1.00 bits per heavy atom. The van der Waals surface area contributed by atoms with Crippen molar-refractivity contribution in [2.24, 2.45) is 5.41 Å². The van der Waals surface area contributed by atoms with Crippen LogP contribution in [0.5, 0.6) is 5.88 Å². The van der Waals surface area contributed by atoms with Crippen molar-refractivity contribution >= 4 is 0 Å². The molecule has 0 unspecified atom stereocenters. The first-order valence-corrected chi connectivity index (χ1v) is 8.82. The summed E-state index contributed by atoms with van der Waals surface area (Å²) in [4.78, 5) is 3.88. The Morgan fingerprint density at radius 3 is 2.32 bits per heavy atom. The van der Waals surface area contributed by atoms with Crippen LogP contribution in [-0.2, 0) is 12.8 Å². The van der Waals surface area contributed by atoms with E-state index in [-0.39, 0.29) is 11.2 Å². The van der Waals surface area contributed by atoms with Crippen molar-refractivity contribution in [1.29, 1.82) is 0 Å². The van der Waals surface area contributed by atoms with Gasteiger partial charge in [0.15, 0.2) is 0 Å². The van der Waals surface area contributed by atoms with Crippen molar-refractivity contribution in [3.63, 3.8) is 0 Å². The first kappa shape index (κ1) is 19.4. The Hall–Kier alpha value is -1.97. The number of hydrogen-bond acceptors (Lipinski definition) is 2. The normalized spacial score (nSPS) is 11.6. The Kier molecular flexibility index (Phi) is 6.15. The standard InChI is InChI=1S/C21H27F2NO/c1-6-8-21(3,4)12-15-9-14(7-2)18(22)10-16(15)17-11-20(25-5)24-13-19(17)23/h9-11,13H,6-8,12H2,1-5H3. The summed E-state index contributed by atoms with van der Waals surface area (Å²) in [5.74, 6) is -0.459. The summed E-state index contributed by atoms with van der Waals surface area (Å²) in [6.07, 6.45) is 4.61. The number of benzene rings is 1. The van der Waals surface area contributed by atoms with E-state index in [0.717, 1.165) is 31.0 Å². The van der Waals surface area contributed by atoms with E-state index in [2.05, 4.69) is 25.8 Å². The molecule has 0 saturated heterocycles. The van der Waals surface area contributed by atoms with Gasteiger partial charge in [0, 0.05) is 11.6 Å². The molecule has 0 amide bonds. The quantitative estimate of drug-likeness (QED) is 0.616. The second kappa shape index (κ2) is 7.94. The number of hydrogen-bond donors (Lipinski definition) is 0. The molecule has 0 aliphatic carbocycles. The molecule has 0 aliphatic heterocycles. The predicted molar refractivity (Wildman–Crippen MR) is 97.9 cm³/mol. The SMILES string of the molecule is CCCC(C)(C)Cc1cc(CC)c(F)cc1-c1cc(OC)ncc1F. The third kappa shape index (κ3) is 4.56. The molecule has 0 spiro atoms. The molecule has 0 radical (unpaired) electrons. The van der Waals surface area contributed by atoms with Crippen LogP contribution in [0, 0.1) is 17.0 Å². The number of nitrogens with zero attached hydrogens (tertiary/aromatic N) is 1. The fourth-order valence-electron chi connectivity index (χ4n) is 3.36. The minimum Gasteiger partial charge on any atom is -0.481 e. The van der Waals surface area contributed by atoms with Crippen molar-refractivity contribution in [1.82, 2.24) is 4.98 Å². The molecule has 136 valence electrons. The molecule has 0 bridgehead atoms. The molecule has 2 rings (SSSR count). The van der Waals surface area contributed by atoms with Gasteiger partial charge in [-0.1, -0.05) is 40.2 Å². The third-order valence-electron chi connectivity index (χ3n) is 4.58. The number of methoxy groups -OCH3 is 1. The van der Waals surface area contributed by atoms with E-state index in [1.807, 2.05) is 13.0 Å². The highest BCUT2D eigenvalue weighted by molar-refractivity contribution is 5.69. The summed E-state index contributed by atoms with van der Waals surface area (Å²) in [5, 5.41) is 0. The van der Waals surface area contributed by atoms with Crippen LogP contribution in [0.2, 0.25) is 0 Å². The maximum atomic E-state index is 14.4. The molecule has 0 saturated carbocycles. The highest BCUT2D eigenvalue weighted by Crippen LogP contribution is 2.36. The second-order valence-corrected chi connectivity index (χ2v) is 7.25. The zero-order valence-electron chi connectivity index (χ0n) is 15.7. The van der Waals surface area contributed by atoms with Gasteiger partial charge in [-0.05, 0) is 47.4 Å². The molecule has 1 heterocycles. The van der Waals surface area contributed by atoms with Crippen molar-refractivity contribution in [2.75, 3.05) is 7.11 Å². The van der Waals surface area contributed by atoms with E-state index in [9.17, 15) is 8.78 Å². The lowest BCUT2D eigenvalue weighted by Gasteiger charge is -2.26. The van der Waals surface area contributed by atoms with E-state index in [1.54, 1.807) is 0 Å². The predicted octanol–water partition coefficient (Wildman–Crippen LogP) is 5.97. The lowest BCUT2D eigenvalue weighted by molar-refractivity contribution is 0.329. The molecular weight excluding hydrogens is 320 g/mol. The Bertz CT molecular complexity index is 741. The zero-order valence-corrected chi connectivity index (χ0v) is 15.7. The minimum atomic E-state index is -0.473. The molecule has 1 aromatic carbocycles. The summed E-state index contributed by atoms with van der Waals surface area (Å²) in [5.41, 5.74) is 2.59. The van der Waals surface area contributed by atoms with Gasteiger partial charge in [-0.25, -0.2) is 13.8 Å². The van der Waals surface area contributed by atoms with Gasteiger partial charge in [-0.3, -0.25) is 0 Å². The van der Waals surface area contributed by atoms with Gasteiger partial charge in [0.1, 0.15) is 11.6 Å². The molecule has 0 atom stereocenters. The van der Waals surface area contributed by atoms with Crippen LogP contribution in [0.15, 0.2) is 24.4 Å². The third-order valence-corrected chi connectivity index (χ3v) is 4.58. The Labute approximate surface area is 149 Å². The van der Waals surface area contributed by atoms with Crippen LogP contribution in [0.4, 0.5) is 8.78 Å². The van der Waals surface area contributed by atoms with Gasteiger partial charge in [0.2, 0.25) is 5.88 Å². The first-order valence-electron chi connectivity index (χ1n) is 8.82. The van der Waals surface area contributed by atoms with E-state index < -0.39 is 5.82 Å². The van der Waals surface area contributed by atoms with Gasteiger partial charge < -0.3 is 4.74 Å². The maximum Gasteiger partial charge on any atom is 0.213 e. The van der Waals surface area contributed by atoms with Gasteiger partial charge in [0.25, 0.3) is 0 Å². The van der Waals surface area contributed by atoms with Crippen LogP contribution in [0.1, 0.15) is 51.7 Å². The summed E-state index contributed by atoms with van der Waals surface area (Å²) >= 11 is 0. The largest absolute Gasteiger partial charge is 0.481 e. The topological polar surface area (TPSA) is 22.1 Å². The molecule has 2 nitrogen and oxygen atoms in total. The van der Waals surface area contributed by atoms with Crippen LogP contribution in [-0.4, -0.2) is 12.1 Å². The number of pyridine rings is 1.